The van der Waals surface area contributed by atoms with Crippen LogP contribution >= 0.6 is 23.4 Å². The van der Waals surface area contributed by atoms with Crippen molar-refractivity contribution >= 4 is 46.6 Å². The Morgan fingerprint density at radius 1 is 1.00 bits per heavy atom. The van der Waals surface area contributed by atoms with Crippen LogP contribution in [-0.4, -0.2) is 35.2 Å². The van der Waals surface area contributed by atoms with Crippen molar-refractivity contribution < 1.29 is 23.9 Å². The molecule has 1 aliphatic heterocycles. The van der Waals surface area contributed by atoms with Crippen LogP contribution in [0.1, 0.15) is 21.5 Å². The molecule has 0 spiro atoms. The highest BCUT2D eigenvalue weighted by Crippen LogP contribution is 2.32. The first kappa shape index (κ1) is 23.6. The van der Waals surface area contributed by atoms with Crippen LogP contribution in [0.5, 0.6) is 11.5 Å². The number of nitrogens with zero attached hydrogens (tertiary/aromatic N) is 1. The van der Waals surface area contributed by atoms with Crippen LogP contribution in [-0.2, 0) is 4.79 Å². The zero-order chi connectivity index (χ0) is 24.1. The monoisotopic (exact) mass is 493 g/mol. The number of rotatable bonds is 7. The van der Waals surface area contributed by atoms with E-state index in [-0.39, 0.29) is 34.8 Å². The van der Waals surface area contributed by atoms with Crippen LogP contribution < -0.4 is 9.47 Å². The van der Waals surface area contributed by atoms with Crippen molar-refractivity contribution in [1.82, 2.24) is 4.90 Å². The van der Waals surface area contributed by atoms with E-state index in [4.69, 9.17) is 21.1 Å². The Labute approximate surface area is 206 Å². The molecule has 0 N–H and O–H groups in total. The van der Waals surface area contributed by atoms with Crippen LogP contribution in [0.2, 0.25) is 5.02 Å². The summed E-state index contributed by atoms with van der Waals surface area (Å²) in [7, 11) is 0. The molecule has 1 aliphatic rings. The molecular formula is C26H20ClNO5S. The van der Waals surface area contributed by atoms with Gasteiger partial charge in [-0.25, -0.2) is 4.79 Å². The smallest absolute Gasteiger partial charge is 0.345 e. The standard InChI is InChI=1S/C26H20ClNO5S/c1-17-6-4-8-19(14-17)32-13-12-28-24(29)23(34-26(28)31)16-18-7-5-9-20(15-18)33-25(30)21-10-2-3-11-22(21)27/h2-11,14-16H,12-13H2,1H3/b23-16-. The average molecular weight is 494 g/mol. The molecule has 0 aromatic heterocycles. The summed E-state index contributed by atoms with van der Waals surface area (Å²) in [5, 5.41) is -0.0610. The van der Waals surface area contributed by atoms with Gasteiger partial charge in [0.1, 0.15) is 18.1 Å². The third kappa shape index (κ3) is 5.68. The van der Waals surface area contributed by atoms with Crippen molar-refractivity contribution in [2.45, 2.75) is 6.92 Å². The Morgan fingerprint density at radius 3 is 2.56 bits per heavy atom. The van der Waals surface area contributed by atoms with Gasteiger partial charge in [0, 0.05) is 0 Å². The summed E-state index contributed by atoms with van der Waals surface area (Å²) >= 11 is 6.92. The number of aryl methyl sites for hydroxylation is 1. The topological polar surface area (TPSA) is 72.9 Å². The van der Waals surface area contributed by atoms with E-state index in [1.165, 1.54) is 0 Å². The number of ether oxygens (including phenoxy) is 2. The van der Waals surface area contributed by atoms with E-state index in [9.17, 15) is 14.4 Å². The summed E-state index contributed by atoms with van der Waals surface area (Å²) in [4.78, 5) is 39.0. The fourth-order valence-corrected chi connectivity index (χ4v) is 4.34. The summed E-state index contributed by atoms with van der Waals surface area (Å²) in [6.07, 6.45) is 1.60. The van der Waals surface area contributed by atoms with Gasteiger partial charge < -0.3 is 9.47 Å². The Kier molecular flexibility index (Phi) is 7.35. The lowest BCUT2D eigenvalue weighted by Crippen LogP contribution is -2.32. The Balaban J connectivity index is 1.40. The first-order valence-corrected chi connectivity index (χ1v) is 11.6. The minimum absolute atomic E-state index is 0.144. The van der Waals surface area contributed by atoms with Crippen molar-refractivity contribution in [1.29, 1.82) is 0 Å². The SMILES string of the molecule is Cc1cccc(OCCN2C(=O)S/C(=C\c3cccc(OC(=O)c4ccccc4Cl)c3)C2=O)c1. The molecule has 0 aliphatic carbocycles. The average Bonchev–Trinajstić information content (AvgIpc) is 3.07. The number of carbonyl (C=O) groups is 3. The predicted octanol–water partition coefficient (Wildman–Crippen LogP) is 5.98. The highest BCUT2D eigenvalue weighted by Gasteiger charge is 2.34. The highest BCUT2D eigenvalue weighted by atomic mass is 35.5. The van der Waals surface area contributed by atoms with E-state index < -0.39 is 5.97 Å². The number of hydrogen-bond donors (Lipinski definition) is 0. The number of imide groups is 1. The van der Waals surface area contributed by atoms with E-state index in [1.54, 1.807) is 54.6 Å². The Morgan fingerprint density at radius 2 is 1.76 bits per heavy atom. The Hall–Kier alpha value is -3.55. The second-order valence-electron chi connectivity index (χ2n) is 7.44. The minimum atomic E-state index is -0.586. The molecule has 0 unspecified atom stereocenters. The van der Waals surface area contributed by atoms with Gasteiger partial charge in [-0.15, -0.1) is 0 Å². The first-order chi connectivity index (χ1) is 16.4. The van der Waals surface area contributed by atoms with Crippen molar-refractivity contribution in [3.8, 4) is 11.5 Å². The van der Waals surface area contributed by atoms with Crippen molar-refractivity contribution in [3.05, 3.63) is 99.4 Å². The van der Waals surface area contributed by atoms with Gasteiger partial charge in [-0.1, -0.05) is 48.0 Å². The molecule has 0 bridgehead atoms. The Bertz CT molecular complexity index is 1290. The summed E-state index contributed by atoms with van der Waals surface area (Å²) < 4.78 is 11.1. The lowest BCUT2D eigenvalue weighted by Gasteiger charge is -2.13. The maximum Gasteiger partial charge on any atom is 0.345 e. The summed E-state index contributed by atoms with van der Waals surface area (Å²) in [5.74, 6) is 0.00751. The van der Waals surface area contributed by atoms with Gasteiger partial charge in [-0.3, -0.25) is 14.5 Å². The number of amides is 2. The van der Waals surface area contributed by atoms with Crippen LogP contribution in [0.15, 0.2) is 77.7 Å². The van der Waals surface area contributed by atoms with Gasteiger partial charge in [0.2, 0.25) is 0 Å². The third-order valence-corrected chi connectivity index (χ3v) is 6.14. The zero-order valence-corrected chi connectivity index (χ0v) is 19.8. The van der Waals surface area contributed by atoms with Gasteiger partial charge in [0.25, 0.3) is 11.1 Å². The fraction of sp³-hybridized carbons (Fsp3) is 0.115. The highest BCUT2D eigenvalue weighted by molar-refractivity contribution is 8.18. The molecule has 0 saturated carbocycles. The fourth-order valence-electron chi connectivity index (χ4n) is 3.26. The number of halogens is 1. The zero-order valence-electron chi connectivity index (χ0n) is 18.2. The third-order valence-electron chi connectivity index (χ3n) is 4.91. The van der Waals surface area contributed by atoms with Crippen molar-refractivity contribution in [2.24, 2.45) is 0 Å². The van der Waals surface area contributed by atoms with Crippen LogP contribution in [0.25, 0.3) is 6.08 Å². The predicted molar refractivity (Wildman–Crippen MR) is 132 cm³/mol. The second kappa shape index (κ2) is 10.6. The molecule has 34 heavy (non-hydrogen) atoms. The summed E-state index contributed by atoms with van der Waals surface area (Å²) in [6, 6.07) is 20.8. The molecule has 1 fully saturated rings. The molecule has 1 heterocycles. The van der Waals surface area contributed by atoms with Gasteiger partial charge in [-0.2, -0.15) is 0 Å². The number of hydrogen-bond acceptors (Lipinski definition) is 6. The second-order valence-corrected chi connectivity index (χ2v) is 8.84. The van der Waals surface area contributed by atoms with Crippen LogP contribution in [0.4, 0.5) is 4.79 Å². The maximum absolute atomic E-state index is 12.8. The summed E-state index contributed by atoms with van der Waals surface area (Å²) in [6.45, 7) is 2.30. The molecule has 172 valence electrons. The number of thioether (sulfide) groups is 1. The summed E-state index contributed by atoms with van der Waals surface area (Å²) in [5.41, 5.74) is 1.93. The first-order valence-electron chi connectivity index (χ1n) is 10.4. The largest absolute Gasteiger partial charge is 0.492 e. The molecule has 4 rings (SSSR count). The van der Waals surface area contributed by atoms with E-state index in [2.05, 4.69) is 0 Å². The number of esters is 1. The van der Waals surface area contributed by atoms with Gasteiger partial charge in [0.05, 0.1) is 22.0 Å². The van der Waals surface area contributed by atoms with Crippen LogP contribution in [0, 0.1) is 6.92 Å². The van der Waals surface area contributed by atoms with Gasteiger partial charge >= 0.3 is 5.97 Å². The molecule has 0 radical (unpaired) electrons. The lowest BCUT2D eigenvalue weighted by atomic mass is 10.2. The quantitative estimate of drug-likeness (QED) is 0.229. The normalized spacial score (nSPS) is 14.5. The molecule has 3 aromatic carbocycles. The molecular weight excluding hydrogens is 474 g/mol. The molecule has 6 nitrogen and oxygen atoms in total. The van der Waals surface area contributed by atoms with E-state index in [0.717, 1.165) is 22.2 Å². The molecule has 3 aromatic rings. The van der Waals surface area contributed by atoms with Crippen LogP contribution in [0.3, 0.4) is 0 Å². The van der Waals surface area contributed by atoms with E-state index >= 15 is 0 Å². The molecule has 0 atom stereocenters. The molecule has 8 heteroatoms. The molecule has 2 amide bonds. The van der Waals surface area contributed by atoms with Gasteiger partial charge in [-0.05, 0) is 72.3 Å². The van der Waals surface area contributed by atoms with Gasteiger partial charge in [0.15, 0.2) is 0 Å². The van der Waals surface area contributed by atoms with Crippen molar-refractivity contribution in [3.63, 3.8) is 0 Å². The number of carbonyl (C=O) groups excluding carboxylic acids is 3. The minimum Gasteiger partial charge on any atom is -0.492 e. The lowest BCUT2D eigenvalue weighted by molar-refractivity contribution is -0.123. The van der Waals surface area contributed by atoms with Crippen molar-refractivity contribution in [2.75, 3.05) is 13.2 Å². The van der Waals surface area contributed by atoms with E-state index in [1.807, 2.05) is 31.2 Å². The maximum atomic E-state index is 12.8. The molecule has 1 saturated heterocycles. The number of benzene rings is 3. The van der Waals surface area contributed by atoms with E-state index in [0.29, 0.717) is 22.1 Å².